The van der Waals surface area contributed by atoms with Crippen LogP contribution in [0.4, 0.5) is 8.78 Å². The summed E-state index contributed by atoms with van der Waals surface area (Å²) in [7, 11) is 4.05. The van der Waals surface area contributed by atoms with Crippen molar-refractivity contribution in [2.45, 2.75) is 0 Å². The molecule has 596 valence electrons. The Hall–Kier alpha value is -19.4. The molecule has 15 rings (SSSR count). The summed E-state index contributed by atoms with van der Waals surface area (Å²) in [4.78, 5) is 47.0. The number of ketones is 2. The van der Waals surface area contributed by atoms with Crippen LogP contribution in [0.3, 0.4) is 0 Å². The van der Waals surface area contributed by atoms with Gasteiger partial charge in [0.05, 0.1) is 38.9 Å². The van der Waals surface area contributed by atoms with E-state index in [1.807, 2.05) is 169 Å². The lowest BCUT2D eigenvalue weighted by Gasteiger charge is -2.10. The van der Waals surface area contributed by atoms with Gasteiger partial charge in [0.25, 0.3) is 0 Å². The summed E-state index contributed by atoms with van der Waals surface area (Å²) in [5.41, 5.74) is 3.38. The molecule has 1 aliphatic rings. The molecule has 2 heterocycles. The molecule has 14 aromatic rings. The first-order valence-electron chi connectivity index (χ1n) is 36.2. The molecular weight excluding hydrogens is 1690 g/mol. The van der Waals surface area contributed by atoms with E-state index in [1.54, 1.807) is 60.7 Å². The van der Waals surface area contributed by atoms with E-state index in [4.69, 9.17) is 152 Å². The molecule has 0 N–H and O–H groups in total. The fraction of sp³-hybridized carbons (Fsp3) is 0.0200. The van der Waals surface area contributed by atoms with Gasteiger partial charge in [-0.15, -0.1) is 0 Å². The van der Waals surface area contributed by atoms with Crippen LogP contribution in [0, 0.1) is 178 Å². The minimum Gasteiger partial charge on any atom is -0.286 e. The fourth-order valence-electron chi connectivity index (χ4n) is 12.5. The van der Waals surface area contributed by atoms with Crippen LogP contribution in [0.25, 0.3) is 171 Å². The summed E-state index contributed by atoms with van der Waals surface area (Å²) in [5, 5.41) is 103. The number of rotatable bonds is 1. The van der Waals surface area contributed by atoms with Crippen molar-refractivity contribution in [1.29, 1.82) is 52.6 Å². The van der Waals surface area contributed by atoms with Gasteiger partial charge in [0.15, 0.2) is 24.8 Å². The molecule has 1 aliphatic carbocycles. The zero-order chi connectivity index (χ0) is 93.0. The first-order chi connectivity index (χ1) is 61.8. The molecular formula is C100H44Cl4F2N20O2+2. The smallest absolute Gasteiger partial charge is 0.286 e. The van der Waals surface area contributed by atoms with Crippen LogP contribution in [0.5, 0.6) is 0 Å². The van der Waals surface area contributed by atoms with E-state index in [1.165, 1.54) is 23.3 Å². The molecule has 128 heavy (non-hydrogen) atoms. The van der Waals surface area contributed by atoms with Gasteiger partial charge in [0.2, 0.25) is 11.6 Å². The molecule has 0 amide bonds. The number of halogens is 6. The number of carbonyl (C=O) groups is 2. The zero-order valence-electron chi connectivity index (χ0n) is 66.0. The van der Waals surface area contributed by atoms with Gasteiger partial charge in [-0.3, -0.25) is 9.59 Å². The number of Topliss-reactive ketones (excluding diaryl/α,β-unsaturated/α-hetero) is 2. The standard InChI is InChI=1S/C22H8N4.C20H8N4.C16H6N4.C12H2F2N4.C12H14N2.C12H6N2.C6Cl4O2/c1-25-22(26-2)18-9-15-5-3-13-7-17(19(11-23)12-24)8-14-4-6-16(10-18)21(15)20(13)14;1-23-20(24-2)16-6-5-14-7-17-9-15(19(11-21)12-22)4-3-13(17)8-18(14)10-16;1-19-16(20-2)14-6-5-11-7-13(15(9-17)10-18)4-3-12(11)8-14;1-17-12(18-2)9-4-10(13)8(3-11(9)14)7(5-15)6-16;1-13-7-3-11(4-8-13)12-5-9-14(2)10-6-12;13-7-9-5-6-10(8-14)12-4-2-1-3-11(9)12;7-1-2(8)6(12)4(10)3(9)5(1)11/h3-10H;3-10H;3-8H;3-4H;3-10H,1-2H3;1-6H;/q;;;;+2;;. The van der Waals surface area contributed by atoms with Crippen molar-refractivity contribution >= 4 is 179 Å². The number of hydrogen-bond donors (Lipinski definition) is 0. The minimum atomic E-state index is -1.03. The summed E-state index contributed by atoms with van der Waals surface area (Å²) < 4.78 is 31.2. The van der Waals surface area contributed by atoms with Crippen LogP contribution in [0.15, 0.2) is 251 Å². The number of pyridine rings is 2. The lowest BCUT2D eigenvalue weighted by atomic mass is 9.93. The summed E-state index contributed by atoms with van der Waals surface area (Å²) in [5.74, 6) is -4.01. The van der Waals surface area contributed by atoms with E-state index in [0.717, 1.165) is 75.4 Å². The third-order valence-electron chi connectivity index (χ3n) is 18.8. The van der Waals surface area contributed by atoms with Gasteiger partial charge < -0.3 is 0 Å². The summed E-state index contributed by atoms with van der Waals surface area (Å²) in [6.07, 6.45) is 8.23. The number of aryl methyl sites for hydroxylation is 2. The Morgan fingerprint density at radius 3 is 0.898 bits per heavy atom. The number of fused-ring (bicyclic) bond motifs is 4. The zero-order valence-corrected chi connectivity index (χ0v) is 69.0. The van der Waals surface area contributed by atoms with E-state index < -0.39 is 65.2 Å². The quantitative estimate of drug-likeness (QED) is 0.0487. The molecule has 0 fully saturated rings. The van der Waals surface area contributed by atoms with Crippen molar-refractivity contribution < 1.29 is 27.5 Å². The van der Waals surface area contributed by atoms with Gasteiger partial charge in [0, 0.05) is 55.9 Å². The fourth-order valence-corrected chi connectivity index (χ4v) is 13.4. The van der Waals surface area contributed by atoms with Crippen LogP contribution in [-0.2, 0) is 23.7 Å². The number of aromatic nitrogens is 2. The lowest BCUT2D eigenvalue weighted by Crippen LogP contribution is -2.26. The van der Waals surface area contributed by atoms with Crippen molar-refractivity contribution in [3.05, 3.63) is 407 Å². The van der Waals surface area contributed by atoms with Crippen LogP contribution in [-0.4, -0.2) is 11.6 Å². The predicted octanol–water partition coefficient (Wildman–Crippen LogP) is 15.9. The van der Waals surface area contributed by atoms with Gasteiger partial charge in [-0.05, 0) is 161 Å². The number of carbonyl (C=O) groups excluding carboxylic acids is 2. The van der Waals surface area contributed by atoms with Gasteiger partial charge in [0.1, 0.15) is 175 Å². The number of benzene rings is 12. The summed E-state index contributed by atoms with van der Waals surface area (Å²) in [6.45, 7) is 55.7. The SMILES string of the molecule is C[n+]1ccc(-c2cc[n+](C)cc2)cc1.N#Cc1ccc(C#N)c2ccccc12.O=C1C(Cl)=C(Cl)C(=O)C(Cl)=C1Cl.[C-]#[N+]C([N+]#[C-])=c1cc(F)c(=C(C#N)C#N)cc1F.[C-]#[N+]C([N+]#[C-])=c1cc2ccc3cc(=C(C#N)C#N)cc4ccc(c1)c2c34.[C-]#[N+]C([N+]#[C-])=c1ccc2cc(=C(C#N)C#N)ccc2c1.[C-]#[N+]C([N+]#[C-])=c1ccc2cc3cc(=C(C#N)C#N)ccc3cc2c1. The van der Waals surface area contributed by atoms with Crippen molar-refractivity contribution in [1.82, 2.24) is 0 Å². The minimum absolute atomic E-state index is 0.0253. The van der Waals surface area contributed by atoms with Crippen molar-refractivity contribution in [2.75, 3.05) is 0 Å². The Bertz CT molecular complexity index is 7930. The number of hydrogen-bond acceptors (Lipinski definition) is 12. The Kier molecular flexibility index (Phi) is 31.1. The average Bonchev–Trinajstić information content (AvgIpc) is 0.733. The van der Waals surface area contributed by atoms with Gasteiger partial charge in [-0.25, -0.2) is 17.9 Å². The number of allylic oxidation sites excluding steroid dienone is 4. The maximum absolute atomic E-state index is 13.6. The van der Waals surface area contributed by atoms with Gasteiger partial charge in [-0.1, -0.05) is 143 Å². The Labute approximate surface area is 747 Å². The molecule has 0 saturated carbocycles. The Morgan fingerprint density at radius 1 is 0.297 bits per heavy atom. The summed E-state index contributed by atoms with van der Waals surface area (Å²) in [6, 6.07) is 79.5. The van der Waals surface area contributed by atoms with Crippen molar-refractivity contribution in [3.8, 4) is 71.8 Å². The topological polar surface area (TPSA) is 315 Å². The van der Waals surface area contributed by atoms with Crippen LogP contribution in [0.2, 0.25) is 0 Å². The molecule has 0 bridgehead atoms. The average molecular weight is 1740 g/mol. The maximum Gasteiger partial charge on any atom is 0.529 e. The van der Waals surface area contributed by atoms with Crippen molar-refractivity contribution in [3.63, 3.8) is 0 Å². The molecule has 0 atom stereocenters. The third kappa shape index (κ3) is 20.9. The molecule has 0 radical (unpaired) electrons. The highest BCUT2D eigenvalue weighted by atomic mass is 35.5. The highest BCUT2D eigenvalue weighted by molar-refractivity contribution is 6.69. The molecule has 0 aliphatic heterocycles. The second kappa shape index (κ2) is 43.0. The second-order valence-electron chi connectivity index (χ2n) is 26.2. The van der Waals surface area contributed by atoms with Crippen molar-refractivity contribution in [2.24, 2.45) is 14.1 Å². The van der Waals surface area contributed by atoms with E-state index in [-0.39, 0.29) is 34.2 Å². The number of nitrogens with zero attached hydrogens (tertiary/aromatic N) is 20. The van der Waals surface area contributed by atoms with Crippen LogP contribution >= 0.6 is 46.4 Å². The van der Waals surface area contributed by atoms with E-state index in [2.05, 4.69) is 100.0 Å². The van der Waals surface area contributed by atoms with E-state index in [9.17, 15) is 18.4 Å². The third-order valence-corrected chi connectivity index (χ3v) is 20.4. The summed E-state index contributed by atoms with van der Waals surface area (Å²) >= 11 is 21.5. The molecule has 0 spiro atoms. The maximum atomic E-state index is 13.6. The molecule has 0 unspecified atom stereocenters. The number of nitriles is 10. The molecule has 22 nitrogen and oxygen atoms in total. The molecule has 0 saturated heterocycles. The molecule has 28 heteroatoms. The van der Waals surface area contributed by atoms with E-state index >= 15 is 0 Å². The lowest BCUT2D eigenvalue weighted by molar-refractivity contribution is -0.671. The monoisotopic (exact) mass is 1730 g/mol. The first kappa shape index (κ1) is 92.5. The van der Waals surface area contributed by atoms with Gasteiger partial charge >= 0.3 is 23.3 Å². The van der Waals surface area contributed by atoms with Crippen LogP contribution < -0.4 is 50.9 Å². The normalized spacial score (nSPS) is 10.3. The second-order valence-corrected chi connectivity index (χ2v) is 27.7. The highest BCUT2D eigenvalue weighted by Crippen LogP contribution is 2.35. The van der Waals surface area contributed by atoms with E-state index in [0.29, 0.717) is 54.6 Å². The first-order valence-corrected chi connectivity index (χ1v) is 37.7. The van der Waals surface area contributed by atoms with Crippen LogP contribution in [0.1, 0.15) is 11.1 Å². The Balaban J connectivity index is 0.000000171. The highest BCUT2D eigenvalue weighted by Gasteiger charge is 2.31. The van der Waals surface area contributed by atoms with Gasteiger partial charge in [-0.2, -0.15) is 91.4 Å². The molecule has 2 aromatic heterocycles. The Morgan fingerprint density at radius 2 is 0.562 bits per heavy atom. The molecule has 12 aromatic carbocycles. The largest absolute Gasteiger partial charge is 0.529 e. The predicted molar refractivity (Wildman–Crippen MR) is 479 cm³/mol.